The van der Waals surface area contributed by atoms with Gasteiger partial charge in [-0.15, -0.1) is 11.8 Å². The van der Waals surface area contributed by atoms with Gasteiger partial charge in [-0.1, -0.05) is 29.8 Å². The minimum atomic E-state index is -0.149. The van der Waals surface area contributed by atoms with Crippen LogP contribution in [0, 0.1) is 6.92 Å². The van der Waals surface area contributed by atoms with E-state index < -0.39 is 0 Å². The third kappa shape index (κ3) is 4.17. The van der Waals surface area contributed by atoms with Crippen molar-refractivity contribution in [3.05, 3.63) is 58.6 Å². The standard InChI is InChI=1S/C19H19ClN2O2S/c1-13-4-2-3-5-15(13)19(24)21-9-8-18(23)22-10-11-25-17-7-6-14(20)12-16(17)22/h2-7,12H,8-11H2,1H3,(H,21,24). The maximum absolute atomic E-state index is 12.6. The van der Waals surface area contributed by atoms with E-state index in [-0.39, 0.29) is 18.2 Å². The molecule has 0 aromatic heterocycles. The molecule has 1 heterocycles. The molecule has 0 unspecified atom stereocenters. The molecule has 0 aliphatic carbocycles. The molecule has 4 nitrogen and oxygen atoms in total. The number of anilines is 1. The fourth-order valence-electron chi connectivity index (χ4n) is 2.79. The Bertz CT molecular complexity index is 810. The van der Waals surface area contributed by atoms with Crippen molar-refractivity contribution in [2.24, 2.45) is 0 Å². The fourth-order valence-corrected chi connectivity index (χ4v) is 3.93. The Balaban J connectivity index is 1.60. The normalized spacial score (nSPS) is 13.3. The van der Waals surface area contributed by atoms with Crippen molar-refractivity contribution in [1.82, 2.24) is 5.32 Å². The SMILES string of the molecule is Cc1ccccc1C(=O)NCCC(=O)N1CCSc2ccc(Cl)cc21. The molecule has 0 bridgehead atoms. The summed E-state index contributed by atoms with van der Waals surface area (Å²) in [5, 5.41) is 3.44. The van der Waals surface area contributed by atoms with E-state index >= 15 is 0 Å². The van der Waals surface area contributed by atoms with Gasteiger partial charge in [0.15, 0.2) is 0 Å². The van der Waals surface area contributed by atoms with Crippen LogP contribution in [0.1, 0.15) is 22.3 Å². The molecule has 0 saturated carbocycles. The second-order valence-electron chi connectivity index (χ2n) is 5.83. The lowest BCUT2D eigenvalue weighted by Gasteiger charge is -2.29. The van der Waals surface area contributed by atoms with E-state index in [1.54, 1.807) is 22.7 Å². The minimum Gasteiger partial charge on any atom is -0.352 e. The molecule has 0 atom stereocenters. The first kappa shape index (κ1) is 17.8. The predicted octanol–water partition coefficient (Wildman–Crippen LogP) is 3.91. The fraction of sp³-hybridized carbons (Fsp3) is 0.263. The first-order valence-corrected chi connectivity index (χ1v) is 9.49. The maximum Gasteiger partial charge on any atom is 0.251 e. The molecule has 2 aromatic rings. The maximum atomic E-state index is 12.6. The molecule has 1 aliphatic rings. The summed E-state index contributed by atoms with van der Waals surface area (Å²) < 4.78 is 0. The smallest absolute Gasteiger partial charge is 0.251 e. The number of carbonyl (C=O) groups is 2. The molecule has 1 N–H and O–H groups in total. The topological polar surface area (TPSA) is 49.4 Å². The highest BCUT2D eigenvalue weighted by Gasteiger charge is 2.23. The zero-order chi connectivity index (χ0) is 17.8. The molecule has 0 fully saturated rings. The van der Waals surface area contributed by atoms with Crippen LogP contribution in [0.4, 0.5) is 5.69 Å². The number of benzene rings is 2. The lowest BCUT2D eigenvalue weighted by molar-refractivity contribution is -0.118. The lowest BCUT2D eigenvalue weighted by Crippen LogP contribution is -2.37. The summed E-state index contributed by atoms with van der Waals surface area (Å²) in [5.74, 6) is 0.702. The summed E-state index contributed by atoms with van der Waals surface area (Å²) in [5.41, 5.74) is 2.42. The average Bonchev–Trinajstić information content (AvgIpc) is 2.61. The molecule has 2 aromatic carbocycles. The van der Waals surface area contributed by atoms with Gasteiger partial charge >= 0.3 is 0 Å². The van der Waals surface area contributed by atoms with Gasteiger partial charge in [-0.25, -0.2) is 0 Å². The largest absolute Gasteiger partial charge is 0.352 e. The minimum absolute atomic E-state index is 0.00565. The van der Waals surface area contributed by atoms with Gasteiger partial charge in [0.05, 0.1) is 5.69 Å². The average molecular weight is 375 g/mol. The zero-order valence-electron chi connectivity index (χ0n) is 13.9. The van der Waals surface area contributed by atoms with Crippen LogP contribution in [0.15, 0.2) is 47.4 Å². The molecule has 2 amide bonds. The Morgan fingerprint density at radius 2 is 2.04 bits per heavy atom. The van der Waals surface area contributed by atoms with Gasteiger partial charge in [-0.3, -0.25) is 9.59 Å². The Morgan fingerprint density at radius 1 is 1.24 bits per heavy atom. The van der Waals surface area contributed by atoms with Crippen LogP contribution >= 0.6 is 23.4 Å². The van der Waals surface area contributed by atoms with Crippen molar-refractivity contribution in [3.8, 4) is 0 Å². The van der Waals surface area contributed by atoms with Gasteiger partial charge in [0.25, 0.3) is 5.91 Å². The van der Waals surface area contributed by atoms with Crippen LogP contribution in [0.3, 0.4) is 0 Å². The van der Waals surface area contributed by atoms with E-state index in [1.165, 1.54) is 0 Å². The highest BCUT2D eigenvalue weighted by molar-refractivity contribution is 7.99. The number of halogens is 1. The number of carbonyl (C=O) groups excluding carboxylic acids is 2. The van der Waals surface area contributed by atoms with Crippen LogP contribution < -0.4 is 10.2 Å². The van der Waals surface area contributed by atoms with E-state index in [0.29, 0.717) is 23.7 Å². The molecule has 1 aliphatic heterocycles. The summed E-state index contributed by atoms with van der Waals surface area (Å²) in [6, 6.07) is 13.0. The van der Waals surface area contributed by atoms with Crippen LogP contribution in [0.25, 0.3) is 0 Å². The number of nitrogens with one attached hydrogen (secondary N) is 1. The third-order valence-corrected chi connectivity index (χ3v) is 5.38. The monoisotopic (exact) mass is 374 g/mol. The number of nitrogens with zero attached hydrogens (tertiary/aromatic N) is 1. The highest BCUT2D eigenvalue weighted by Crippen LogP contribution is 2.36. The van der Waals surface area contributed by atoms with Crippen LogP contribution in [0.2, 0.25) is 5.02 Å². The number of thioether (sulfide) groups is 1. The van der Waals surface area contributed by atoms with E-state index in [1.807, 2.05) is 43.3 Å². The summed E-state index contributed by atoms with van der Waals surface area (Å²) in [6.45, 7) is 2.86. The first-order valence-electron chi connectivity index (χ1n) is 8.13. The molecule has 0 saturated heterocycles. The van der Waals surface area contributed by atoms with E-state index in [2.05, 4.69) is 5.32 Å². The zero-order valence-corrected chi connectivity index (χ0v) is 15.5. The number of hydrogen-bond donors (Lipinski definition) is 1. The van der Waals surface area contributed by atoms with Crippen molar-refractivity contribution < 1.29 is 9.59 Å². The van der Waals surface area contributed by atoms with Crippen molar-refractivity contribution >= 4 is 40.9 Å². The van der Waals surface area contributed by atoms with Crippen LogP contribution in [-0.2, 0) is 4.79 Å². The van der Waals surface area contributed by atoms with Crippen molar-refractivity contribution in [2.75, 3.05) is 23.7 Å². The van der Waals surface area contributed by atoms with Gasteiger partial charge in [0, 0.05) is 40.7 Å². The van der Waals surface area contributed by atoms with Gasteiger partial charge in [0.2, 0.25) is 5.91 Å². The second-order valence-corrected chi connectivity index (χ2v) is 7.40. The molecular weight excluding hydrogens is 356 g/mol. The summed E-state index contributed by atoms with van der Waals surface area (Å²) in [4.78, 5) is 27.6. The summed E-state index contributed by atoms with van der Waals surface area (Å²) >= 11 is 7.79. The second kappa shape index (κ2) is 7.93. The van der Waals surface area contributed by atoms with Crippen molar-refractivity contribution in [2.45, 2.75) is 18.2 Å². The van der Waals surface area contributed by atoms with E-state index in [9.17, 15) is 9.59 Å². The Hall–Kier alpha value is -1.98. The number of fused-ring (bicyclic) bond motifs is 1. The molecular formula is C19H19ClN2O2S. The molecule has 130 valence electrons. The van der Waals surface area contributed by atoms with Crippen molar-refractivity contribution in [1.29, 1.82) is 0 Å². The third-order valence-electron chi connectivity index (χ3n) is 4.10. The molecule has 0 radical (unpaired) electrons. The Morgan fingerprint density at radius 3 is 2.84 bits per heavy atom. The number of hydrogen-bond acceptors (Lipinski definition) is 3. The summed E-state index contributed by atoms with van der Waals surface area (Å²) in [6.07, 6.45) is 0.258. The van der Waals surface area contributed by atoms with E-state index in [4.69, 9.17) is 11.6 Å². The number of aryl methyl sites for hydroxylation is 1. The van der Waals surface area contributed by atoms with Gasteiger partial charge < -0.3 is 10.2 Å². The van der Waals surface area contributed by atoms with Crippen LogP contribution in [-0.4, -0.2) is 30.7 Å². The molecule has 3 rings (SSSR count). The highest BCUT2D eigenvalue weighted by atomic mass is 35.5. The lowest BCUT2D eigenvalue weighted by atomic mass is 10.1. The summed E-state index contributed by atoms with van der Waals surface area (Å²) in [7, 11) is 0. The number of rotatable bonds is 4. The Kier molecular flexibility index (Phi) is 5.66. The Labute approximate surface area is 156 Å². The number of amides is 2. The predicted molar refractivity (Wildman–Crippen MR) is 103 cm³/mol. The first-order chi connectivity index (χ1) is 12.1. The quantitative estimate of drug-likeness (QED) is 0.882. The molecule has 25 heavy (non-hydrogen) atoms. The molecule has 0 spiro atoms. The molecule has 6 heteroatoms. The van der Waals surface area contributed by atoms with E-state index in [0.717, 1.165) is 21.9 Å². The van der Waals surface area contributed by atoms with Gasteiger partial charge in [-0.05, 0) is 36.8 Å². The van der Waals surface area contributed by atoms with Gasteiger partial charge in [-0.2, -0.15) is 0 Å². The van der Waals surface area contributed by atoms with Gasteiger partial charge in [0.1, 0.15) is 0 Å². The van der Waals surface area contributed by atoms with Crippen molar-refractivity contribution in [3.63, 3.8) is 0 Å². The van der Waals surface area contributed by atoms with Crippen LogP contribution in [0.5, 0.6) is 0 Å².